The smallest absolute Gasteiger partial charge is 0.225 e. The molecule has 1 amide bonds. The van der Waals surface area contributed by atoms with Crippen molar-refractivity contribution in [3.63, 3.8) is 0 Å². The van der Waals surface area contributed by atoms with E-state index in [1.54, 1.807) is 11.2 Å². The van der Waals surface area contributed by atoms with Crippen molar-refractivity contribution in [2.75, 3.05) is 7.05 Å². The quantitative estimate of drug-likeness (QED) is 0.810. The van der Waals surface area contributed by atoms with Crippen molar-refractivity contribution >= 4 is 5.91 Å². The fraction of sp³-hybridized carbons (Fsp3) is 0.643. The van der Waals surface area contributed by atoms with Crippen molar-refractivity contribution in [3.05, 3.63) is 24.2 Å². The van der Waals surface area contributed by atoms with Crippen LogP contribution in [0.5, 0.6) is 0 Å². The number of furan rings is 1. The average Bonchev–Trinajstić information content (AvgIpc) is 2.80. The Bertz CT molecular complexity index is 347. The van der Waals surface area contributed by atoms with Gasteiger partial charge in [-0.3, -0.25) is 4.79 Å². The van der Waals surface area contributed by atoms with Crippen LogP contribution in [0.25, 0.3) is 0 Å². The molecule has 102 valence electrons. The topological polar surface area (TPSA) is 59.5 Å². The predicted molar refractivity (Wildman–Crippen MR) is 71.8 cm³/mol. The average molecular weight is 252 g/mol. The maximum absolute atomic E-state index is 12.1. The van der Waals surface area contributed by atoms with E-state index in [1.165, 1.54) is 0 Å². The van der Waals surface area contributed by atoms with E-state index in [4.69, 9.17) is 10.2 Å². The lowest BCUT2D eigenvalue weighted by Gasteiger charge is -2.20. The highest BCUT2D eigenvalue weighted by atomic mass is 16.3. The van der Waals surface area contributed by atoms with Gasteiger partial charge in [-0.1, -0.05) is 13.3 Å². The minimum atomic E-state index is 0.0451. The molecule has 4 heteroatoms. The Labute approximate surface area is 109 Å². The van der Waals surface area contributed by atoms with Crippen LogP contribution < -0.4 is 5.73 Å². The molecule has 1 heterocycles. The number of amides is 1. The van der Waals surface area contributed by atoms with Crippen LogP contribution in [-0.2, 0) is 11.3 Å². The van der Waals surface area contributed by atoms with E-state index in [0.29, 0.717) is 6.54 Å². The zero-order chi connectivity index (χ0) is 13.5. The second-order valence-corrected chi connectivity index (χ2v) is 5.08. The number of nitrogens with two attached hydrogens (primary N) is 1. The lowest BCUT2D eigenvalue weighted by atomic mass is 10.0. The van der Waals surface area contributed by atoms with Gasteiger partial charge < -0.3 is 15.1 Å². The van der Waals surface area contributed by atoms with E-state index in [-0.39, 0.29) is 17.9 Å². The number of carbonyl (C=O) groups excluding carboxylic acids is 1. The summed E-state index contributed by atoms with van der Waals surface area (Å²) in [6, 6.07) is 3.93. The fourth-order valence-corrected chi connectivity index (χ4v) is 1.96. The highest BCUT2D eigenvalue weighted by Crippen LogP contribution is 2.13. The monoisotopic (exact) mass is 252 g/mol. The molecule has 18 heavy (non-hydrogen) atoms. The Morgan fingerprint density at radius 3 is 2.72 bits per heavy atom. The normalized spacial score (nSPS) is 14.2. The zero-order valence-electron chi connectivity index (χ0n) is 11.6. The first kappa shape index (κ1) is 14.8. The molecule has 1 rings (SSSR count). The summed E-state index contributed by atoms with van der Waals surface area (Å²) in [6.07, 6.45) is 4.49. The number of hydrogen-bond donors (Lipinski definition) is 1. The number of hydrogen-bond acceptors (Lipinski definition) is 3. The van der Waals surface area contributed by atoms with E-state index in [0.717, 1.165) is 25.0 Å². The maximum Gasteiger partial charge on any atom is 0.225 e. The summed E-state index contributed by atoms with van der Waals surface area (Å²) in [5.41, 5.74) is 5.70. The van der Waals surface area contributed by atoms with Gasteiger partial charge in [0.15, 0.2) is 0 Å². The van der Waals surface area contributed by atoms with E-state index in [9.17, 15) is 4.79 Å². The third-order valence-corrected chi connectivity index (χ3v) is 3.07. The number of rotatable bonds is 7. The van der Waals surface area contributed by atoms with Crippen LogP contribution in [0.3, 0.4) is 0 Å². The molecule has 0 saturated carbocycles. The molecule has 2 unspecified atom stereocenters. The molecule has 0 aliphatic rings. The van der Waals surface area contributed by atoms with Crippen LogP contribution in [0.15, 0.2) is 22.8 Å². The van der Waals surface area contributed by atoms with Gasteiger partial charge in [-0.25, -0.2) is 0 Å². The minimum absolute atomic E-state index is 0.0451. The van der Waals surface area contributed by atoms with Gasteiger partial charge in [-0.2, -0.15) is 0 Å². The SMILES string of the molecule is CC(N)CCCC(C)C(=O)N(C)Cc1ccco1. The summed E-state index contributed by atoms with van der Waals surface area (Å²) in [5.74, 6) is 1.02. The Morgan fingerprint density at radius 2 is 2.17 bits per heavy atom. The Balaban J connectivity index is 2.33. The van der Waals surface area contributed by atoms with Crippen LogP contribution in [-0.4, -0.2) is 23.9 Å². The molecule has 2 N–H and O–H groups in total. The molecule has 0 aliphatic heterocycles. The molecule has 4 nitrogen and oxygen atoms in total. The highest BCUT2D eigenvalue weighted by molar-refractivity contribution is 5.78. The lowest BCUT2D eigenvalue weighted by Crippen LogP contribution is -2.31. The van der Waals surface area contributed by atoms with Crippen LogP contribution in [0.1, 0.15) is 38.9 Å². The molecule has 0 fully saturated rings. The highest BCUT2D eigenvalue weighted by Gasteiger charge is 2.18. The van der Waals surface area contributed by atoms with Crippen molar-refractivity contribution in [3.8, 4) is 0 Å². The van der Waals surface area contributed by atoms with E-state index >= 15 is 0 Å². The van der Waals surface area contributed by atoms with Gasteiger partial charge in [-0.05, 0) is 31.9 Å². The van der Waals surface area contributed by atoms with Gasteiger partial charge >= 0.3 is 0 Å². The molecule has 0 aromatic carbocycles. The first-order valence-electron chi connectivity index (χ1n) is 6.53. The van der Waals surface area contributed by atoms with E-state index in [1.807, 2.05) is 33.0 Å². The Hall–Kier alpha value is -1.29. The molecular formula is C14H24N2O2. The van der Waals surface area contributed by atoms with Crippen LogP contribution in [0, 0.1) is 5.92 Å². The second kappa shape index (κ2) is 7.21. The van der Waals surface area contributed by atoms with E-state index in [2.05, 4.69) is 0 Å². The van der Waals surface area contributed by atoms with Crippen molar-refractivity contribution in [1.82, 2.24) is 4.90 Å². The third kappa shape index (κ3) is 4.92. The van der Waals surface area contributed by atoms with Gasteiger partial charge in [-0.15, -0.1) is 0 Å². The van der Waals surface area contributed by atoms with E-state index < -0.39 is 0 Å². The van der Waals surface area contributed by atoms with Crippen molar-refractivity contribution in [1.29, 1.82) is 0 Å². The summed E-state index contributed by atoms with van der Waals surface area (Å²) in [5, 5.41) is 0. The molecule has 0 spiro atoms. The fourth-order valence-electron chi connectivity index (χ4n) is 1.96. The number of carbonyl (C=O) groups is 1. The van der Waals surface area contributed by atoms with Crippen molar-refractivity contribution in [2.45, 2.75) is 45.7 Å². The molecular weight excluding hydrogens is 228 g/mol. The molecule has 0 radical (unpaired) electrons. The largest absolute Gasteiger partial charge is 0.467 e. The van der Waals surface area contributed by atoms with Crippen LogP contribution in [0.4, 0.5) is 0 Å². The molecule has 1 aromatic rings. The molecule has 0 bridgehead atoms. The standard InChI is InChI=1S/C14H24N2O2/c1-11(6-4-7-12(2)15)14(17)16(3)10-13-8-5-9-18-13/h5,8-9,11-12H,4,6-7,10,15H2,1-3H3. The summed E-state index contributed by atoms with van der Waals surface area (Å²) in [4.78, 5) is 13.8. The molecule has 0 aliphatic carbocycles. The maximum atomic E-state index is 12.1. The summed E-state index contributed by atoms with van der Waals surface area (Å²) >= 11 is 0. The van der Waals surface area contributed by atoms with Gasteiger partial charge in [0.1, 0.15) is 5.76 Å². The molecule has 1 aromatic heterocycles. The van der Waals surface area contributed by atoms with Crippen molar-refractivity contribution in [2.24, 2.45) is 11.7 Å². The first-order chi connectivity index (χ1) is 8.50. The molecule has 0 saturated heterocycles. The summed E-state index contributed by atoms with van der Waals surface area (Å²) in [7, 11) is 1.81. The third-order valence-electron chi connectivity index (χ3n) is 3.07. The first-order valence-corrected chi connectivity index (χ1v) is 6.53. The predicted octanol–water partition coefficient (Wildman–Crippen LogP) is 2.39. The molecule has 2 atom stereocenters. The zero-order valence-corrected chi connectivity index (χ0v) is 11.6. The van der Waals surface area contributed by atoms with Gasteiger partial charge in [0, 0.05) is 19.0 Å². The van der Waals surface area contributed by atoms with Gasteiger partial charge in [0.25, 0.3) is 0 Å². The van der Waals surface area contributed by atoms with Crippen LogP contribution >= 0.6 is 0 Å². The Kier molecular flexibility index (Phi) is 5.92. The van der Waals surface area contributed by atoms with Gasteiger partial charge in [0.2, 0.25) is 5.91 Å². The minimum Gasteiger partial charge on any atom is -0.467 e. The lowest BCUT2D eigenvalue weighted by molar-refractivity contribution is -0.134. The van der Waals surface area contributed by atoms with Crippen molar-refractivity contribution < 1.29 is 9.21 Å². The summed E-state index contributed by atoms with van der Waals surface area (Å²) in [6.45, 7) is 4.50. The van der Waals surface area contributed by atoms with Gasteiger partial charge in [0.05, 0.1) is 12.8 Å². The summed E-state index contributed by atoms with van der Waals surface area (Å²) < 4.78 is 5.24. The van der Waals surface area contributed by atoms with Crippen LogP contribution in [0.2, 0.25) is 0 Å². The number of nitrogens with zero attached hydrogens (tertiary/aromatic N) is 1. The Morgan fingerprint density at radius 1 is 1.44 bits per heavy atom. The second-order valence-electron chi connectivity index (χ2n) is 5.08.